The minimum absolute atomic E-state index is 0.263. The maximum absolute atomic E-state index is 12.2. The van der Waals surface area contributed by atoms with E-state index >= 15 is 0 Å². The first kappa shape index (κ1) is 15.7. The third kappa shape index (κ3) is 4.15. The van der Waals surface area contributed by atoms with Crippen molar-refractivity contribution in [2.75, 3.05) is 17.2 Å². The van der Waals surface area contributed by atoms with E-state index in [0.717, 1.165) is 5.69 Å². The van der Waals surface area contributed by atoms with E-state index in [1.54, 1.807) is 12.1 Å². The Kier molecular flexibility index (Phi) is 5.25. The topological polar surface area (TPSA) is 66.9 Å². The summed E-state index contributed by atoms with van der Waals surface area (Å²) in [6.45, 7) is 8.46. The molecule has 2 N–H and O–H groups in total. The molecular weight excluding hydrogens is 276 g/mol. The Bertz CT molecular complexity index is 650. The quantitative estimate of drug-likeness (QED) is 0.801. The molecule has 1 aromatic heterocycles. The highest BCUT2D eigenvalue weighted by Crippen LogP contribution is 2.17. The van der Waals surface area contributed by atoms with Crippen molar-refractivity contribution >= 4 is 17.4 Å². The van der Waals surface area contributed by atoms with Crippen molar-refractivity contribution in [3.05, 3.63) is 60.6 Å². The van der Waals surface area contributed by atoms with Crippen molar-refractivity contribution in [3.8, 4) is 0 Å². The minimum Gasteiger partial charge on any atom is -0.366 e. The predicted octanol–water partition coefficient (Wildman–Crippen LogP) is 3.45. The second kappa shape index (κ2) is 7.36. The zero-order valence-electron chi connectivity index (χ0n) is 12.8. The van der Waals surface area contributed by atoms with E-state index in [9.17, 15) is 4.79 Å². The average Bonchev–Trinajstić information content (AvgIpc) is 2.53. The van der Waals surface area contributed by atoms with Crippen LogP contribution < -0.4 is 10.6 Å². The fourth-order valence-corrected chi connectivity index (χ4v) is 1.90. The van der Waals surface area contributed by atoms with E-state index in [4.69, 9.17) is 0 Å². The number of benzene rings is 1. The Morgan fingerprint density at radius 2 is 2.00 bits per heavy atom. The van der Waals surface area contributed by atoms with Crippen LogP contribution in [-0.2, 0) is 0 Å². The number of carbonyl (C=O) groups excluding carboxylic acids is 1. The van der Waals surface area contributed by atoms with E-state index in [1.807, 2.05) is 24.3 Å². The van der Waals surface area contributed by atoms with E-state index < -0.39 is 0 Å². The zero-order chi connectivity index (χ0) is 15.9. The number of amides is 1. The lowest BCUT2D eigenvalue weighted by molar-refractivity contribution is 0.102. The first-order chi connectivity index (χ1) is 10.6. The molecule has 0 aliphatic heterocycles. The molecule has 22 heavy (non-hydrogen) atoms. The van der Waals surface area contributed by atoms with Gasteiger partial charge < -0.3 is 10.6 Å². The van der Waals surface area contributed by atoms with Crippen LogP contribution in [0.3, 0.4) is 0 Å². The third-order valence-electron chi connectivity index (χ3n) is 3.16. The summed E-state index contributed by atoms with van der Waals surface area (Å²) in [6, 6.07) is 9.42. The van der Waals surface area contributed by atoms with Crippen LogP contribution in [0.25, 0.3) is 0 Å². The van der Waals surface area contributed by atoms with Gasteiger partial charge in [-0.05, 0) is 23.6 Å². The molecule has 1 heterocycles. The largest absolute Gasteiger partial charge is 0.366 e. The molecule has 0 radical (unpaired) electrons. The normalized spacial score (nSPS) is 10.3. The van der Waals surface area contributed by atoms with Crippen molar-refractivity contribution in [1.29, 1.82) is 0 Å². The summed E-state index contributed by atoms with van der Waals surface area (Å²) in [7, 11) is 0. The van der Waals surface area contributed by atoms with Crippen molar-refractivity contribution in [2.24, 2.45) is 0 Å². The number of nitrogens with one attached hydrogen (secondary N) is 2. The van der Waals surface area contributed by atoms with E-state index in [2.05, 4.69) is 41.0 Å². The molecule has 0 aliphatic rings. The standard InChI is InChI=1S/C17H20N4O/c1-4-9-18-16-10-15(19-11-20-16)17(22)21-14-7-5-13(6-8-14)12(2)3/h4-8,10-12H,1,9H2,2-3H3,(H,21,22)(H,18,19,20). The first-order valence-electron chi connectivity index (χ1n) is 7.18. The Morgan fingerprint density at radius 3 is 2.64 bits per heavy atom. The highest BCUT2D eigenvalue weighted by molar-refractivity contribution is 6.03. The maximum atomic E-state index is 12.2. The molecular formula is C17H20N4O. The third-order valence-corrected chi connectivity index (χ3v) is 3.16. The first-order valence-corrected chi connectivity index (χ1v) is 7.18. The van der Waals surface area contributed by atoms with Crippen LogP contribution in [-0.4, -0.2) is 22.4 Å². The molecule has 2 aromatic rings. The molecule has 114 valence electrons. The van der Waals surface area contributed by atoms with Gasteiger partial charge in [-0.1, -0.05) is 32.1 Å². The second-order valence-electron chi connectivity index (χ2n) is 5.19. The maximum Gasteiger partial charge on any atom is 0.274 e. The van der Waals surface area contributed by atoms with Gasteiger partial charge in [-0.15, -0.1) is 6.58 Å². The van der Waals surface area contributed by atoms with Gasteiger partial charge >= 0.3 is 0 Å². The monoisotopic (exact) mass is 296 g/mol. The lowest BCUT2D eigenvalue weighted by atomic mass is 10.0. The van der Waals surface area contributed by atoms with Gasteiger partial charge in [0, 0.05) is 18.3 Å². The fraction of sp³-hybridized carbons (Fsp3) is 0.235. The number of anilines is 2. The average molecular weight is 296 g/mol. The minimum atomic E-state index is -0.263. The van der Waals surface area contributed by atoms with Crippen molar-refractivity contribution in [2.45, 2.75) is 19.8 Å². The van der Waals surface area contributed by atoms with E-state index in [0.29, 0.717) is 24.0 Å². The number of hydrogen-bond acceptors (Lipinski definition) is 4. The summed E-state index contributed by atoms with van der Waals surface area (Å²) in [5.74, 6) is 0.793. The Labute approximate surface area is 130 Å². The molecule has 0 bridgehead atoms. The Morgan fingerprint density at radius 1 is 1.27 bits per heavy atom. The van der Waals surface area contributed by atoms with Crippen molar-refractivity contribution < 1.29 is 4.79 Å². The molecule has 1 amide bonds. The summed E-state index contributed by atoms with van der Waals surface area (Å²) in [5, 5.41) is 5.85. The molecule has 0 spiro atoms. The molecule has 0 unspecified atom stereocenters. The lowest BCUT2D eigenvalue weighted by Crippen LogP contribution is -2.14. The molecule has 5 nitrogen and oxygen atoms in total. The van der Waals surface area contributed by atoms with Gasteiger partial charge in [0.05, 0.1) is 0 Å². The second-order valence-corrected chi connectivity index (χ2v) is 5.19. The summed E-state index contributed by atoms with van der Waals surface area (Å²) in [4.78, 5) is 20.3. The predicted molar refractivity (Wildman–Crippen MR) is 89.2 cm³/mol. The van der Waals surface area contributed by atoms with Crippen LogP contribution in [0.1, 0.15) is 35.8 Å². The molecule has 1 aromatic carbocycles. The van der Waals surface area contributed by atoms with Crippen LogP contribution in [0.2, 0.25) is 0 Å². The highest BCUT2D eigenvalue weighted by atomic mass is 16.1. The molecule has 0 atom stereocenters. The molecule has 0 aliphatic carbocycles. The zero-order valence-corrected chi connectivity index (χ0v) is 12.8. The van der Waals surface area contributed by atoms with Crippen LogP contribution >= 0.6 is 0 Å². The van der Waals surface area contributed by atoms with E-state index in [1.165, 1.54) is 11.9 Å². The van der Waals surface area contributed by atoms with Gasteiger partial charge in [0.25, 0.3) is 5.91 Å². The van der Waals surface area contributed by atoms with Crippen molar-refractivity contribution in [3.63, 3.8) is 0 Å². The van der Waals surface area contributed by atoms with Gasteiger partial charge in [0.2, 0.25) is 0 Å². The van der Waals surface area contributed by atoms with Crippen LogP contribution in [0.4, 0.5) is 11.5 Å². The smallest absolute Gasteiger partial charge is 0.274 e. The molecule has 0 saturated heterocycles. The van der Waals surface area contributed by atoms with Crippen LogP contribution in [0.15, 0.2) is 49.3 Å². The van der Waals surface area contributed by atoms with Gasteiger partial charge in [-0.25, -0.2) is 9.97 Å². The molecule has 5 heteroatoms. The number of rotatable bonds is 6. The molecule has 0 fully saturated rings. The SMILES string of the molecule is C=CCNc1cc(C(=O)Nc2ccc(C(C)C)cc2)ncn1. The van der Waals surface area contributed by atoms with E-state index in [-0.39, 0.29) is 5.91 Å². The number of nitrogens with zero attached hydrogens (tertiary/aromatic N) is 2. The Balaban J connectivity index is 2.06. The Hall–Kier alpha value is -2.69. The number of aromatic nitrogens is 2. The summed E-state index contributed by atoms with van der Waals surface area (Å²) >= 11 is 0. The summed E-state index contributed by atoms with van der Waals surface area (Å²) in [6.07, 6.45) is 3.08. The van der Waals surface area contributed by atoms with Gasteiger partial charge in [0.15, 0.2) is 0 Å². The molecule has 0 saturated carbocycles. The van der Waals surface area contributed by atoms with Gasteiger partial charge in [-0.2, -0.15) is 0 Å². The fourth-order valence-electron chi connectivity index (χ4n) is 1.90. The summed E-state index contributed by atoms with van der Waals surface area (Å²) in [5.41, 5.74) is 2.29. The van der Waals surface area contributed by atoms with Crippen molar-refractivity contribution in [1.82, 2.24) is 9.97 Å². The number of carbonyl (C=O) groups is 1. The van der Waals surface area contributed by atoms with Crippen LogP contribution in [0.5, 0.6) is 0 Å². The number of hydrogen-bond donors (Lipinski definition) is 2. The highest BCUT2D eigenvalue weighted by Gasteiger charge is 2.09. The van der Waals surface area contributed by atoms with Gasteiger partial charge in [-0.3, -0.25) is 4.79 Å². The lowest BCUT2D eigenvalue weighted by Gasteiger charge is -2.09. The van der Waals surface area contributed by atoms with Crippen LogP contribution in [0, 0.1) is 0 Å². The van der Waals surface area contributed by atoms with Gasteiger partial charge in [0.1, 0.15) is 17.8 Å². The summed E-state index contributed by atoms with van der Waals surface area (Å²) < 4.78 is 0. The molecule has 2 rings (SSSR count).